The van der Waals surface area contributed by atoms with E-state index in [4.69, 9.17) is 9.47 Å². The number of hydrogen-bond donors (Lipinski definition) is 1. The zero-order valence-electron chi connectivity index (χ0n) is 13.1. The number of carbonyl (C=O) groups excluding carboxylic acids is 1. The molecular weight excluding hydrogens is 282 g/mol. The number of para-hydroxylation sites is 1. The lowest BCUT2D eigenvalue weighted by atomic mass is 10.2. The van der Waals surface area contributed by atoms with Crippen LogP contribution in [0.4, 0.5) is 0 Å². The maximum absolute atomic E-state index is 11.8. The van der Waals surface area contributed by atoms with Gasteiger partial charge in [0.2, 0.25) is 0 Å². The maximum Gasteiger partial charge on any atom is 0.254 e. The second-order valence-electron chi connectivity index (χ2n) is 5.39. The molecule has 1 aliphatic rings. The van der Waals surface area contributed by atoms with Crippen LogP contribution in [0.5, 0.6) is 5.75 Å². The van der Waals surface area contributed by atoms with Gasteiger partial charge in [0.25, 0.3) is 5.91 Å². The number of morpholine rings is 1. The Kier molecular flexibility index (Phi) is 6.36. The van der Waals surface area contributed by atoms with Crippen molar-refractivity contribution in [2.45, 2.75) is 20.0 Å². The zero-order chi connectivity index (χ0) is 15.8. The molecule has 2 rings (SSSR count). The summed E-state index contributed by atoms with van der Waals surface area (Å²) in [7, 11) is 0. The molecule has 1 aliphatic heterocycles. The van der Waals surface area contributed by atoms with Crippen LogP contribution >= 0.6 is 0 Å². The van der Waals surface area contributed by atoms with E-state index in [2.05, 4.69) is 10.5 Å². The van der Waals surface area contributed by atoms with Crippen molar-refractivity contribution in [3.63, 3.8) is 0 Å². The lowest BCUT2D eigenvalue weighted by Crippen LogP contribution is -2.42. The summed E-state index contributed by atoms with van der Waals surface area (Å²) in [6.07, 6.45) is 1.69. The first kappa shape index (κ1) is 16.5. The molecule has 0 aliphatic carbocycles. The first-order valence-corrected chi connectivity index (χ1v) is 7.53. The number of amides is 1. The molecule has 22 heavy (non-hydrogen) atoms. The van der Waals surface area contributed by atoms with Crippen LogP contribution in [-0.2, 0) is 9.53 Å². The fourth-order valence-electron chi connectivity index (χ4n) is 2.12. The molecule has 0 bridgehead atoms. The number of ether oxygens (including phenoxy) is 2. The van der Waals surface area contributed by atoms with E-state index in [0.29, 0.717) is 19.8 Å². The summed E-state index contributed by atoms with van der Waals surface area (Å²) in [5.41, 5.74) is 3.39. The normalized spacial score (nSPS) is 16.1. The van der Waals surface area contributed by atoms with Gasteiger partial charge in [-0.1, -0.05) is 12.1 Å². The largest absolute Gasteiger partial charge is 0.490 e. The van der Waals surface area contributed by atoms with Crippen molar-refractivity contribution in [2.75, 3.05) is 32.8 Å². The minimum absolute atomic E-state index is 0.0884. The number of nitrogens with zero attached hydrogens (tertiary/aromatic N) is 2. The third-order valence-corrected chi connectivity index (χ3v) is 3.15. The van der Waals surface area contributed by atoms with E-state index in [-0.39, 0.29) is 12.0 Å². The molecular formula is C16H23N3O3. The van der Waals surface area contributed by atoms with Crippen LogP contribution in [0.15, 0.2) is 29.4 Å². The Labute approximate surface area is 131 Å². The molecule has 0 atom stereocenters. The van der Waals surface area contributed by atoms with E-state index in [1.807, 2.05) is 43.0 Å². The molecule has 0 saturated carbocycles. The van der Waals surface area contributed by atoms with Crippen LogP contribution in [0.2, 0.25) is 0 Å². The van der Waals surface area contributed by atoms with Gasteiger partial charge < -0.3 is 9.47 Å². The Balaban J connectivity index is 1.85. The van der Waals surface area contributed by atoms with E-state index < -0.39 is 0 Å². The van der Waals surface area contributed by atoms with Gasteiger partial charge in [-0.15, -0.1) is 0 Å². The highest BCUT2D eigenvalue weighted by Crippen LogP contribution is 2.17. The van der Waals surface area contributed by atoms with Crippen LogP contribution in [0.3, 0.4) is 0 Å². The molecule has 1 saturated heterocycles. The van der Waals surface area contributed by atoms with E-state index in [9.17, 15) is 4.79 Å². The minimum atomic E-state index is -0.125. The molecule has 0 aromatic heterocycles. The van der Waals surface area contributed by atoms with E-state index in [0.717, 1.165) is 24.4 Å². The maximum atomic E-state index is 11.8. The van der Waals surface area contributed by atoms with Gasteiger partial charge in [0, 0.05) is 18.7 Å². The monoisotopic (exact) mass is 305 g/mol. The summed E-state index contributed by atoms with van der Waals surface area (Å²) in [6.45, 7) is 7.19. The molecule has 1 fully saturated rings. The lowest BCUT2D eigenvalue weighted by molar-refractivity contribution is -0.123. The van der Waals surface area contributed by atoms with Crippen LogP contribution in [-0.4, -0.2) is 56.0 Å². The predicted molar refractivity (Wildman–Crippen MR) is 85.2 cm³/mol. The molecule has 0 spiro atoms. The number of rotatable bonds is 6. The molecule has 0 radical (unpaired) electrons. The minimum Gasteiger partial charge on any atom is -0.490 e. The zero-order valence-corrected chi connectivity index (χ0v) is 13.1. The van der Waals surface area contributed by atoms with Gasteiger partial charge in [-0.25, -0.2) is 5.43 Å². The smallest absolute Gasteiger partial charge is 0.254 e. The van der Waals surface area contributed by atoms with Crippen LogP contribution in [0, 0.1) is 0 Å². The average molecular weight is 305 g/mol. The molecule has 0 unspecified atom stereocenters. The Hall–Kier alpha value is -1.92. The van der Waals surface area contributed by atoms with Gasteiger partial charge in [-0.2, -0.15) is 5.10 Å². The Morgan fingerprint density at radius 1 is 1.41 bits per heavy atom. The number of hydrazone groups is 1. The molecule has 1 aromatic carbocycles. The van der Waals surface area contributed by atoms with Gasteiger partial charge >= 0.3 is 0 Å². The highest BCUT2D eigenvalue weighted by molar-refractivity contribution is 5.85. The Morgan fingerprint density at radius 2 is 2.14 bits per heavy atom. The van der Waals surface area contributed by atoms with Crippen molar-refractivity contribution in [1.29, 1.82) is 0 Å². The number of carbonyl (C=O) groups is 1. The first-order valence-electron chi connectivity index (χ1n) is 7.53. The van der Waals surface area contributed by atoms with Crippen molar-refractivity contribution in [1.82, 2.24) is 10.3 Å². The molecule has 1 aromatic rings. The number of nitrogens with one attached hydrogen (secondary N) is 1. The first-order chi connectivity index (χ1) is 10.6. The van der Waals surface area contributed by atoms with Gasteiger partial charge in [0.05, 0.1) is 32.1 Å². The second-order valence-corrected chi connectivity index (χ2v) is 5.39. The number of hydrogen-bond acceptors (Lipinski definition) is 5. The summed E-state index contributed by atoms with van der Waals surface area (Å²) >= 11 is 0. The van der Waals surface area contributed by atoms with Gasteiger partial charge in [0.15, 0.2) is 0 Å². The highest BCUT2D eigenvalue weighted by Gasteiger charge is 2.13. The molecule has 1 heterocycles. The van der Waals surface area contributed by atoms with Gasteiger partial charge in [0.1, 0.15) is 5.75 Å². The van der Waals surface area contributed by atoms with Gasteiger partial charge in [-0.3, -0.25) is 9.69 Å². The lowest BCUT2D eigenvalue weighted by Gasteiger charge is -2.25. The third kappa shape index (κ3) is 5.46. The van der Waals surface area contributed by atoms with E-state index in [1.165, 1.54) is 0 Å². The standard InChI is InChI=1S/C16H23N3O3/c1-13(2)22-15-6-4-3-5-14(15)11-17-18-16(20)12-19-7-9-21-10-8-19/h3-6,11,13H,7-10,12H2,1-2H3,(H,18,20)/b17-11-. The quantitative estimate of drug-likeness (QED) is 0.635. The van der Waals surface area contributed by atoms with Crippen LogP contribution < -0.4 is 10.2 Å². The number of benzene rings is 1. The SMILES string of the molecule is CC(C)Oc1ccccc1/C=N\NC(=O)CN1CCOCC1. The average Bonchev–Trinajstić information content (AvgIpc) is 2.49. The summed E-state index contributed by atoms with van der Waals surface area (Å²) in [5.74, 6) is 0.629. The van der Waals surface area contributed by atoms with Crippen molar-refractivity contribution in [3.05, 3.63) is 29.8 Å². The summed E-state index contributed by atoms with van der Waals surface area (Å²) in [6, 6.07) is 7.60. The Bertz CT molecular complexity index is 511. The summed E-state index contributed by atoms with van der Waals surface area (Å²) in [5, 5.41) is 4.01. The molecule has 1 N–H and O–H groups in total. The third-order valence-electron chi connectivity index (χ3n) is 3.15. The van der Waals surface area contributed by atoms with Gasteiger partial charge in [-0.05, 0) is 26.0 Å². The van der Waals surface area contributed by atoms with Crippen molar-refractivity contribution in [3.8, 4) is 5.75 Å². The molecule has 1 amide bonds. The van der Waals surface area contributed by atoms with Crippen molar-refractivity contribution in [2.24, 2.45) is 5.10 Å². The molecule has 6 heteroatoms. The highest BCUT2D eigenvalue weighted by atomic mass is 16.5. The Morgan fingerprint density at radius 3 is 2.86 bits per heavy atom. The molecule has 6 nitrogen and oxygen atoms in total. The second kappa shape index (κ2) is 8.51. The van der Waals surface area contributed by atoms with Crippen LogP contribution in [0.1, 0.15) is 19.4 Å². The topological polar surface area (TPSA) is 63.2 Å². The fourth-order valence-corrected chi connectivity index (χ4v) is 2.12. The van der Waals surface area contributed by atoms with Crippen molar-refractivity contribution >= 4 is 12.1 Å². The fraction of sp³-hybridized carbons (Fsp3) is 0.500. The van der Waals surface area contributed by atoms with Crippen LogP contribution in [0.25, 0.3) is 0 Å². The summed E-state index contributed by atoms with van der Waals surface area (Å²) < 4.78 is 10.9. The van der Waals surface area contributed by atoms with E-state index >= 15 is 0 Å². The van der Waals surface area contributed by atoms with Crippen molar-refractivity contribution < 1.29 is 14.3 Å². The predicted octanol–water partition coefficient (Wildman–Crippen LogP) is 1.26. The van der Waals surface area contributed by atoms with E-state index in [1.54, 1.807) is 6.21 Å². The summed E-state index contributed by atoms with van der Waals surface area (Å²) in [4.78, 5) is 13.9. The molecule has 120 valence electrons.